The van der Waals surface area contributed by atoms with E-state index in [1.807, 2.05) is 0 Å². The number of ether oxygens (including phenoxy) is 3. The van der Waals surface area contributed by atoms with E-state index < -0.39 is 0 Å². The number of methoxy groups -OCH3 is 1. The maximum absolute atomic E-state index is 6.11. The molecule has 5 heteroatoms. The van der Waals surface area contributed by atoms with Crippen LogP contribution in [0.3, 0.4) is 0 Å². The maximum atomic E-state index is 6.11. The molecule has 0 atom stereocenters. The molecule has 0 aromatic carbocycles. The normalized spacial score (nSPS) is 18.6. The molecule has 0 bridgehead atoms. The Hall–Kier alpha value is 0.130. The van der Waals surface area contributed by atoms with Gasteiger partial charge in [0.25, 0.3) is 0 Å². The van der Waals surface area contributed by atoms with Crippen molar-refractivity contribution in [1.82, 2.24) is 5.32 Å². The fraction of sp³-hybridized carbons (Fsp3) is 1.00. The Kier molecular flexibility index (Phi) is 9.82. The molecule has 1 rings (SSSR count). The van der Waals surface area contributed by atoms with Gasteiger partial charge in [0.2, 0.25) is 0 Å². The van der Waals surface area contributed by atoms with Gasteiger partial charge in [-0.25, -0.2) is 0 Å². The molecule has 1 saturated carbocycles. The van der Waals surface area contributed by atoms with Gasteiger partial charge in [0, 0.05) is 25.1 Å². The van der Waals surface area contributed by atoms with Crippen molar-refractivity contribution in [2.45, 2.75) is 37.6 Å². The molecule has 0 unspecified atom stereocenters. The molecular formula is C14H28ClNO3. The van der Waals surface area contributed by atoms with E-state index in [0.717, 1.165) is 6.54 Å². The summed E-state index contributed by atoms with van der Waals surface area (Å²) in [4.78, 5) is 0. The zero-order valence-corrected chi connectivity index (χ0v) is 12.8. The average Bonchev–Trinajstić information content (AvgIpc) is 2.46. The Morgan fingerprint density at radius 3 is 2.21 bits per heavy atom. The van der Waals surface area contributed by atoms with E-state index in [1.165, 1.54) is 32.1 Å². The summed E-state index contributed by atoms with van der Waals surface area (Å²) in [6.45, 7) is 4.12. The van der Waals surface area contributed by atoms with Crippen molar-refractivity contribution in [3.63, 3.8) is 0 Å². The van der Waals surface area contributed by atoms with Gasteiger partial charge in [-0.05, 0) is 12.8 Å². The minimum atomic E-state index is 0.151. The predicted molar refractivity (Wildman–Crippen MR) is 78.1 cm³/mol. The van der Waals surface area contributed by atoms with Crippen molar-refractivity contribution in [2.75, 3.05) is 52.6 Å². The van der Waals surface area contributed by atoms with Gasteiger partial charge in [-0.3, -0.25) is 0 Å². The molecule has 1 N–H and O–H groups in total. The fourth-order valence-electron chi connectivity index (χ4n) is 2.44. The number of hydrogen-bond acceptors (Lipinski definition) is 4. The van der Waals surface area contributed by atoms with Gasteiger partial charge >= 0.3 is 0 Å². The Balaban J connectivity index is 1.94. The van der Waals surface area contributed by atoms with Gasteiger partial charge in [-0.2, -0.15) is 0 Å². The third kappa shape index (κ3) is 7.47. The molecule has 0 radical (unpaired) electrons. The topological polar surface area (TPSA) is 39.7 Å². The van der Waals surface area contributed by atoms with E-state index in [4.69, 9.17) is 25.8 Å². The minimum absolute atomic E-state index is 0.151. The summed E-state index contributed by atoms with van der Waals surface area (Å²) in [7, 11) is 1.67. The van der Waals surface area contributed by atoms with Crippen LogP contribution >= 0.6 is 11.6 Å². The van der Waals surface area contributed by atoms with E-state index in [0.29, 0.717) is 38.9 Å². The molecule has 0 aromatic rings. The van der Waals surface area contributed by atoms with Crippen molar-refractivity contribution in [1.29, 1.82) is 0 Å². The smallest absolute Gasteiger partial charge is 0.0701 e. The van der Waals surface area contributed by atoms with Crippen LogP contribution in [0.4, 0.5) is 0 Å². The van der Waals surface area contributed by atoms with Crippen LogP contribution in [-0.4, -0.2) is 58.1 Å². The van der Waals surface area contributed by atoms with Crippen molar-refractivity contribution in [2.24, 2.45) is 0 Å². The molecule has 1 aliphatic rings. The summed E-state index contributed by atoms with van der Waals surface area (Å²) in [6.07, 6.45) is 6.30. The summed E-state index contributed by atoms with van der Waals surface area (Å²) in [5.74, 6) is 0.702. The third-order valence-corrected chi connectivity index (χ3v) is 4.13. The van der Waals surface area contributed by atoms with E-state index in [-0.39, 0.29) is 5.54 Å². The second kappa shape index (κ2) is 10.9. The number of hydrogen-bond donors (Lipinski definition) is 1. The molecule has 0 amide bonds. The number of alkyl halides is 1. The highest BCUT2D eigenvalue weighted by molar-refractivity contribution is 6.18. The molecular weight excluding hydrogens is 266 g/mol. The Bertz CT molecular complexity index is 211. The molecule has 0 aliphatic heterocycles. The first-order chi connectivity index (χ1) is 9.33. The lowest BCUT2D eigenvalue weighted by Crippen LogP contribution is -2.49. The molecule has 19 heavy (non-hydrogen) atoms. The van der Waals surface area contributed by atoms with Crippen molar-refractivity contribution >= 4 is 11.6 Å². The van der Waals surface area contributed by atoms with E-state index in [9.17, 15) is 0 Å². The molecule has 1 fully saturated rings. The Morgan fingerprint density at radius 2 is 1.58 bits per heavy atom. The highest BCUT2D eigenvalue weighted by atomic mass is 35.5. The predicted octanol–water partition coefficient (Wildman–Crippen LogP) is 2.20. The molecule has 0 spiro atoms. The highest BCUT2D eigenvalue weighted by Gasteiger charge is 2.29. The van der Waals surface area contributed by atoms with Crippen LogP contribution in [0.25, 0.3) is 0 Å². The molecule has 0 saturated heterocycles. The molecule has 0 aromatic heterocycles. The van der Waals surface area contributed by atoms with Gasteiger partial charge in [-0.15, -0.1) is 11.6 Å². The van der Waals surface area contributed by atoms with Crippen molar-refractivity contribution in [3.05, 3.63) is 0 Å². The van der Waals surface area contributed by atoms with Gasteiger partial charge in [0.15, 0.2) is 0 Å². The van der Waals surface area contributed by atoms with Crippen LogP contribution in [0.1, 0.15) is 32.1 Å². The SMILES string of the molecule is COCCOCCOCCNC1(CCl)CCCCC1. The van der Waals surface area contributed by atoms with Crippen LogP contribution in [0, 0.1) is 0 Å². The quantitative estimate of drug-likeness (QED) is 0.468. The Labute approximate surface area is 122 Å². The van der Waals surface area contributed by atoms with Crippen LogP contribution in [-0.2, 0) is 14.2 Å². The van der Waals surface area contributed by atoms with Crippen LogP contribution in [0.15, 0.2) is 0 Å². The van der Waals surface area contributed by atoms with E-state index in [2.05, 4.69) is 5.32 Å². The van der Waals surface area contributed by atoms with Crippen molar-refractivity contribution in [3.8, 4) is 0 Å². The molecule has 0 heterocycles. The number of rotatable bonds is 11. The molecule has 114 valence electrons. The standard InChI is InChI=1S/C14H28ClNO3/c1-17-9-10-19-12-11-18-8-7-16-14(13-15)5-3-2-4-6-14/h16H,2-13H2,1H3. The van der Waals surface area contributed by atoms with E-state index >= 15 is 0 Å². The van der Waals surface area contributed by atoms with Gasteiger partial charge in [0.05, 0.1) is 33.0 Å². The largest absolute Gasteiger partial charge is 0.382 e. The van der Waals surface area contributed by atoms with E-state index in [1.54, 1.807) is 7.11 Å². The first kappa shape index (κ1) is 17.2. The minimum Gasteiger partial charge on any atom is -0.382 e. The summed E-state index contributed by atoms with van der Waals surface area (Å²) < 4.78 is 15.7. The maximum Gasteiger partial charge on any atom is 0.0701 e. The summed E-state index contributed by atoms with van der Waals surface area (Å²) in [5, 5.41) is 3.58. The second-order valence-corrected chi connectivity index (χ2v) is 5.39. The monoisotopic (exact) mass is 293 g/mol. The van der Waals surface area contributed by atoms with Crippen LogP contribution in [0.5, 0.6) is 0 Å². The summed E-state index contributed by atoms with van der Waals surface area (Å²) in [6, 6.07) is 0. The lowest BCUT2D eigenvalue weighted by Gasteiger charge is -2.36. The zero-order valence-electron chi connectivity index (χ0n) is 12.1. The van der Waals surface area contributed by atoms with Crippen molar-refractivity contribution < 1.29 is 14.2 Å². The molecule has 1 aliphatic carbocycles. The molecule has 4 nitrogen and oxygen atoms in total. The second-order valence-electron chi connectivity index (χ2n) is 5.12. The van der Waals surface area contributed by atoms with Crippen LogP contribution in [0.2, 0.25) is 0 Å². The zero-order chi connectivity index (χ0) is 13.8. The summed E-state index contributed by atoms with van der Waals surface area (Å²) >= 11 is 6.11. The lowest BCUT2D eigenvalue weighted by atomic mass is 9.83. The number of nitrogens with one attached hydrogen (secondary N) is 1. The van der Waals surface area contributed by atoms with Crippen LogP contribution < -0.4 is 5.32 Å². The summed E-state index contributed by atoms with van der Waals surface area (Å²) in [5.41, 5.74) is 0.151. The first-order valence-corrected chi connectivity index (χ1v) is 7.82. The first-order valence-electron chi connectivity index (χ1n) is 7.28. The van der Waals surface area contributed by atoms with Gasteiger partial charge < -0.3 is 19.5 Å². The lowest BCUT2D eigenvalue weighted by molar-refractivity contribution is 0.0241. The number of halogens is 1. The highest BCUT2D eigenvalue weighted by Crippen LogP contribution is 2.28. The third-order valence-electron chi connectivity index (χ3n) is 3.62. The van der Waals surface area contributed by atoms with Gasteiger partial charge in [0.1, 0.15) is 0 Å². The Morgan fingerprint density at radius 1 is 0.947 bits per heavy atom. The fourth-order valence-corrected chi connectivity index (χ4v) is 2.80. The average molecular weight is 294 g/mol. The van der Waals surface area contributed by atoms with Gasteiger partial charge in [-0.1, -0.05) is 19.3 Å².